The smallest absolute Gasteiger partial charge is 0.229 e. The van der Waals surface area contributed by atoms with Gasteiger partial charge in [-0.15, -0.1) is 0 Å². The van der Waals surface area contributed by atoms with Crippen molar-refractivity contribution in [2.45, 2.75) is 91.0 Å². The van der Waals surface area contributed by atoms with Gasteiger partial charge in [-0.05, 0) is 62.3 Å². The van der Waals surface area contributed by atoms with Crippen LogP contribution in [0.4, 0.5) is 0 Å². The summed E-state index contributed by atoms with van der Waals surface area (Å²) in [6.45, 7) is 16.6. The van der Waals surface area contributed by atoms with E-state index in [4.69, 9.17) is 29.3 Å². The van der Waals surface area contributed by atoms with Crippen LogP contribution in [0.3, 0.4) is 0 Å². The van der Waals surface area contributed by atoms with Crippen LogP contribution >= 0.6 is 0 Å². The van der Waals surface area contributed by atoms with Gasteiger partial charge in [-0.3, -0.25) is 0 Å². The van der Waals surface area contributed by atoms with Crippen molar-refractivity contribution >= 4 is 0 Å². The Bertz CT molecular complexity index is 430. The molecule has 128 valence electrons. The van der Waals surface area contributed by atoms with Gasteiger partial charge in [-0.2, -0.15) is 9.78 Å². The molecule has 6 nitrogen and oxygen atoms in total. The largest absolute Gasteiger partial charge is 0.267 e. The maximum atomic E-state index is 5.44. The lowest BCUT2D eigenvalue weighted by Gasteiger charge is -2.26. The molecule has 0 aromatic carbocycles. The molecule has 1 saturated heterocycles. The third-order valence-corrected chi connectivity index (χ3v) is 2.22. The molecule has 1 unspecified atom stereocenters. The molecule has 6 heteroatoms. The van der Waals surface area contributed by atoms with Crippen LogP contribution in [-0.2, 0) is 29.3 Å². The van der Waals surface area contributed by atoms with Crippen LogP contribution in [0, 0.1) is 11.8 Å². The first kappa shape index (κ1) is 19.4. The molecular weight excluding hydrogens is 288 g/mol. The summed E-state index contributed by atoms with van der Waals surface area (Å²) in [6, 6.07) is 0. The fourth-order valence-corrected chi connectivity index (χ4v) is 1.07. The van der Waals surface area contributed by atoms with Gasteiger partial charge in [0.1, 0.15) is 0 Å². The Hall–Kier alpha value is -0.680. The van der Waals surface area contributed by atoms with Gasteiger partial charge in [-0.25, -0.2) is 19.6 Å². The monoisotopic (exact) mass is 316 g/mol. The molecule has 0 spiro atoms. The van der Waals surface area contributed by atoms with Crippen LogP contribution in [0.2, 0.25) is 0 Å². The number of hydrogen-bond donors (Lipinski definition) is 0. The minimum absolute atomic E-state index is 0.420. The highest BCUT2D eigenvalue weighted by Crippen LogP contribution is 2.31. The van der Waals surface area contributed by atoms with Gasteiger partial charge in [0.25, 0.3) is 6.29 Å². The molecular formula is C16H28O6. The second-order valence-corrected chi connectivity index (χ2v) is 7.95. The Kier molecular flexibility index (Phi) is 5.67. The summed E-state index contributed by atoms with van der Waals surface area (Å²) in [6.07, 6.45) is -0.596. The normalized spacial score (nSPS) is 19.3. The number of hydrogen-bond acceptors (Lipinski definition) is 6. The summed E-state index contributed by atoms with van der Waals surface area (Å²) < 4.78 is 0. The van der Waals surface area contributed by atoms with Gasteiger partial charge in [0.15, 0.2) is 5.60 Å². The zero-order chi connectivity index (χ0) is 17.2. The first-order chi connectivity index (χ1) is 9.73. The number of rotatable bonds is 5. The average Bonchev–Trinajstić information content (AvgIpc) is 3.15. The Morgan fingerprint density at radius 2 is 1.09 bits per heavy atom. The van der Waals surface area contributed by atoms with Gasteiger partial charge in [0.2, 0.25) is 5.60 Å². The molecule has 1 fully saturated rings. The zero-order valence-corrected chi connectivity index (χ0v) is 15.0. The maximum Gasteiger partial charge on any atom is 0.267 e. The fraction of sp³-hybridized carbons (Fsp3) is 0.875. The van der Waals surface area contributed by atoms with E-state index in [0.29, 0.717) is 0 Å². The van der Waals surface area contributed by atoms with Gasteiger partial charge in [-0.1, -0.05) is 11.8 Å². The first-order valence-electron chi connectivity index (χ1n) is 7.33. The molecule has 0 aromatic heterocycles. The second-order valence-electron chi connectivity index (χ2n) is 7.95. The van der Waals surface area contributed by atoms with E-state index in [2.05, 4.69) is 11.8 Å². The maximum absolute atomic E-state index is 5.44. The molecule has 1 aliphatic heterocycles. The average molecular weight is 316 g/mol. The Morgan fingerprint density at radius 3 is 1.50 bits per heavy atom. The molecule has 0 bridgehead atoms. The minimum Gasteiger partial charge on any atom is -0.229 e. The first-order valence-corrected chi connectivity index (χ1v) is 7.33. The van der Waals surface area contributed by atoms with Crippen molar-refractivity contribution in [3.05, 3.63) is 0 Å². The van der Waals surface area contributed by atoms with E-state index >= 15 is 0 Å². The van der Waals surface area contributed by atoms with Crippen LogP contribution in [0.5, 0.6) is 0 Å². The molecule has 22 heavy (non-hydrogen) atoms. The molecule has 1 aliphatic rings. The van der Waals surface area contributed by atoms with E-state index in [-0.39, 0.29) is 0 Å². The highest BCUT2D eigenvalue weighted by Gasteiger charge is 2.49. The van der Waals surface area contributed by atoms with Crippen LogP contribution in [0.15, 0.2) is 0 Å². The molecule has 0 saturated carbocycles. The standard InChI is InChI=1S/C16H28O6/c1-13(2,3)19-21-15(7,8)10-11-16(9,12-17-18-12)22-20-14(4,5)6/h12H,1-9H3. The molecule has 0 aromatic rings. The summed E-state index contributed by atoms with van der Waals surface area (Å²) in [5.74, 6) is 5.92. The summed E-state index contributed by atoms with van der Waals surface area (Å²) in [4.78, 5) is 31.2. The second kappa shape index (κ2) is 6.44. The summed E-state index contributed by atoms with van der Waals surface area (Å²) in [7, 11) is 0. The van der Waals surface area contributed by atoms with Gasteiger partial charge >= 0.3 is 0 Å². The summed E-state index contributed by atoms with van der Waals surface area (Å²) in [5.41, 5.74) is -2.78. The quantitative estimate of drug-likeness (QED) is 0.336. The highest BCUT2D eigenvalue weighted by atomic mass is 17.4. The molecule has 0 amide bonds. The molecule has 1 atom stereocenters. The van der Waals surface area contributed by atoms with Crippen molar-refractivity contribution in [1.82, 2.24) is 0 Å². The lowest BCUT2D eigenvalue weighted by Crippen LogP contribution is -2.38. The lowest BCUT2D eigenvalue weighted by atomic mass is 10.0. The van der Waals surface area contributed by atoms with Crippen molar-refractivity contribution in [1.29, 1.82) is 0 Å². The summed E-state index contributed by atoms with van der Waals surface area (Å²) >= 11 is 0. The van der Waals surface area contributed by atoms with Crippen LogP contribution in [0.25, 0.3) is 0 Å². The van der Waals surface area contributed by atoms with Crippen molar-refractivity contribution in [3.63, 3.8) is 0 Å². The topological polar surface area (TPSA) is 62.0 Å². The van der Waals surface area contributed by atoms with Crippen molar-refractivity contribution in [2.24, 2.45) is 0 Å². The third-order valence-electron chi connectivity index (χ3n) is 2.22. The molecule has 0 aliphatic carbocycles. The van der Waals surface area contributed by atoms with Crippen molar-refractivity contribution in [2.75, 3.05) is 0 Å². The summed E-state index contributed by atoms with van der Waals surface area (Å²) in [5, 5.41) is 0. The highest BCUT2D eigenvalue weighted by molar-refractivity contribution is 5.20. The van der Waals surface area contributed by atoms with Crippen molar-refractivity contribution < 1.29 is 29.3 Å². The van der Waals surface area contributed by atoms with Gasteiger partial charge < -0.3 is 0 Å². The van der Waals surface area contributed by atoms with E-state index in [1.165, 1.54) is 0 Å². The van der Waals surface area contributed by atoms with Gasteiger partial charge in [0, 0.05) is 0 Å². The Labute approximate surface area is 133 Å². The molecule has 1 heterocycles. The lowest BCUT2D eigenvalue weighted by molar-refractivity contribution is -0.392. The van der Waals surface area contributed by atoms with Gasteiger partial charge in [0.05, 0.1) is 11.2 Å². The predicted octanol–water partition coefficient (Wildman–Crippen LogP) is 3.31. The Morgan fingerprint density at radius 1 is 0.636 bits per heavy atom. The molecule has 0 radical (unpaired) electrons. The van der Waals surface area contributed by atoms with E-state index in [9.17, 15) is 0 Å². The van der Waals surface area contributed by atoms with Crippen molar-refractivity contribution in [3.8, 4) is 11.8 Å². The minimum atomic E-state index is -1.06. The van der Waals surface area contributed by atoms with E-state index in [1.807, 2.05) is 41.5 Å². The fourth-order valence-electron chi connectivity index (χ4n) is 1.07. The third kappa shape index (κ3) is 7.54. The van der Waals surface area contributed by atoms with Crippen LogP contribution in [-0.4, -0.2) is 28.7 Å². The van der Waals surface area contributed by atoms with E-state index < -0.39 is 28.7 Å². The molecule has 1 rings (SSSR count). The van der Waals surface area contributed by atoms with Crippen LogP contribution in [0.1, 0.15) is 62.3 Å². The van der Waals surface area contributed by atoms with Crippen LogP contribution < -0.4 is 0 Å². The predicted molar refractivity (Wildman–Crippen MR) is 80.1 cm³/mol. The Balaban J connectivity index is 2.74. The zero-order valence-electron chi connectivity index (χ0n) is 15.0. The van der Waals surface area contributed by atoms with E-state index in [1.54, 1.807) is 20.8 Å². The molecule has 0 N–H and O–H groups in total. The van der Waals surface area contributed by atoms with E-state index in [0.717, 1.165) is 0 Å². The SMILES string of the molecule is CC(C)(C)OOC(C)(C)C#CC(C)(OOC(C)(C)C)C1OO1.